The van der Waals surface area contributed by atoms with Crippen LogP contribution in [0.15, 0.2) is 0 Å². The Labute approximate surface area is 111 Å². The summed E-state index contributed by atoms with van der Waals surface area (Å²) in [7, 11) is 1.51. The molecule has 106 valence electrons. The Balaban J connectivity index is 3.58. The van der Waals surface area contributed by atoms with Gasteiger partial charge in [0.1, 0.15) is 5.69 Å². The van der Waals surface area contributed by atoms with Gasteiger partial charge in [0.15, 0.2) is 0 Å². The van der Waals surface area contributed by atoms with Crippen molar-refractivity contribution in [3.05, 3.63) is 22.5 Å². The van der Waals surface area contributed by atoms with Gasteiger partial charge in [-0.3, -0.25) is 0 Å². The Hall–Kier alpha value is -1.82. The molecule has 0 unspecified atom stereocenters. The van der Waals surface area contributed by atoms with Crippen molar-refractivity contribution in [3.8, 4) is 0 Å². The highest BCUT2D eigenvalue weighted by Crippen LogP contribution is 2.29. The van der Waals surface area contributed by atoms with Gasteiger partial charge < -0.3 is 19.5 Å². The quantitative estimate of drug-likeness (QED) is 0.824. The molecule has 6 nitrogen and oxygen atoms in total. The summed E-state index contributed by atoms with van der Waals surface area (Å²) in [5.41, 5.74) is 0.949. The Morgan fingerprint density at radius 1 is 1.26 bits per heavy atom. The van der Waals surface area contributed by atoms with Gasteiger partial charge >= 0.3 is 11.9 Å². The van der Waals surface area contributed by atoms with Crippen LogP contribution in [-0.2, 0) is 11.3 Å². The second-order valence-corrected chi connectivity index (χ2v) is 4.63. The van der Waals surface area contributed by atoms with E-state index in [0.29, 0.717) is 24.4 Å². The fourth-order valence-corrected chi connectivity index (χ4v) is 2.29. The zero-order valence-corrected chi connectivity index (χ0v) is 11.6. The average Bonchev–Trinajstić information content (AvgIpc) is 2.59. The lowest BCUT2D eigenvalue weighted by Crippen LogP contribution is -2.14. The number of carboxylic acids is 2. The molecule has 6 heteroatoms. The molecule has 1 aromatic rings. The van der Waals surface area contributed by atoms with Crippen LogP contribution in [-0.4, -0.2) is 40.4 Å². The first-order valence-corrected chi connectivity index (χ1v) is 6.01. The summed E-state index contributed by atoms with van der Waals surface area (Å²) in [6.07, 6.45) is 0. The second-order valence-electron chi connectivity index (χ2n) is 4.63. The molecule has 0 aromatic carbocycles. The van der Waals surface area contributed by atoms with Crippen LogP contribution < -0.4 is 0 Å². The van der Waals surface area contributed by atoms with E-state index in [1.165, 1.54) is 11.7 Å². The zero-order chi connectivity index (χ0) is 14.7. The molecule has 0 aliphatic carbocycles. The molecule has 1 heterocycles. The third-order valence-electron chi connectivity index (χ3n) is 3.07. The molecule has 0 saturated carbocycles. The van der Waals surface area contributed by atoms with Gasteiger partial charge in [-0.2, -0.15) is 0 Å². The number of methoxy groups -OCH3 is 1. The van der Waals surface area contributed by atoms with E-state index in [4.69, 9.17) is 4.74 Å². The number of hydrogen-bond donors (Lipinski definition) is 2. The Kier molecular flexibility index (Phi) is 4.72. The normalized spacial score (nSPS) is 11.0. The molecule has 0 bridgehead atoms. The molecule has 0 spiro atoms. The van der Waals surface area contributed by atoms with Crippen molar-refractivity contribution in [2.24, 2.45) is 0 Å². The number of nitrogens with zero attached hydrogens (tertiary/aromatic N) is 1. The van der Waals surface area contributed by atoms with Crippen LogP contribution in [0.2, 0.25) is 0 Å². The van der Waals surface area contributed by atoms with Gasteiger partial charge in [-0.15, -0.1) is 0 Å². The van der Waals surface area contributed by atoms with Crippen molar-refractivity contribution in [1.29, 1.82) is 0 Å². The molecule has 0 atom stereocenters. The minimum absolute atomic E-state index is 0.0435. The van der Waals surface area contributed by atoms with Crippen LogP contribution in [0.3, 0.4) is 0 Å². The smallest absolute Gasteiger partial charge is 0.352 e. The van der Waals surface area contributed by atoms with E-state index in [1.807, 2.05) is 0 Å². The SMILES string of the molecule is COCCn1c(C)c(C(=O)O)c(C(C)C)c1C(=O)O. The van der Waals surface area contributed by atoms with Gasteiger partial charge in [-0.25, -0.2) is 9.59 Å². The predicted octanol–water partition coefficient (Wildman–Crippen LogP) is 1.96. The summed E-state index contributed by atoms with van der Waals surface area (Å²) >= 11 is 0. The summed E-state index contributed by atoms with van der Waals surface area (Å²) in [5, 5.41) is 18.7. The maximum atomic E-state index is 11.4. The molecule has 0 saturated heterocycles. The lowest BCUT2D eigenvalue weighted by Gasteiger charge is -2.10. The summed E-state index contributed by atoms with van der Waals surface area (Å²) in [5.74, 6) is -2.39. The summed E-state index contributed by atoms with van der Waals surface area (Å²) in [6, 6.07) is 0. The number of carbonyl (C=O) groups is 2. The van der Waals surface area contributed by atoms with Gasteiger partial charge in [0.25, 0.3) is 0 Å². The van der Waals surface area contributed by atoms with Gasteiger partial charge in [-0.05, 0) is 12.8 Å². The van der Waals surface area contributed by atoms with Gasteiger partial charge in [0.2, 0.25) is 0 Å². The molecule has 19 heavy (non-hydrogen) atoms. The van der Waals surface area contributed by atoms with Crippen molar-refractivity contribution >= 4 is 11.9 Å². The van der Waals surface area contributed by atoms with Crippen LogP contribution in [0.4, 0.5) is 0 Å². The lowest BCUT2D eigenvalue weighted by atomic mass is 9.97. The molecule has 1 rings (SSSR count). The number of aromatic carboxylic acids is 2. The number of carboxylic acid groups (broad SMARTS) is 2. The van der Waals surface area contributed by atoms with Crippen molar-refractivity contribution in [1.82, 2.24) is 4.57 Å². The van der Waals surface area contributed by atoms with Gasteiger partial charge in [0, 0.05) is 24.9 Å². The molecule has 0 radical (unpaired) electrons. The monoisotopic (exact) mass is 269 g/mol. The molecular formula is C13H19NO5. The number of hydrogen-bond acceptors (Lipinski definition) is 3. The Bertz CT molecular complexity index is 502. The van der Waals surface area contributed by atoms with Crippen LogP contribution in [0.25, 0.3) is 0 Å². The van der Waals surface area contributed by atoms with E-state index in [0.717, 1.165) is 0 Å². The first-order valence-electron chi connectivity index (χ1n) is 6.01. The second kappa shape index (κ2) is 5.88. The maximum Gasteiger partial charge on any atom is 0.352 e. The minimum atomic E-state index is -1.12. The van der Waals surface area contributed by atoms with Crippen molar-refractivity contribution < 1.29 is 24.5 Å². The number of rotatable bonds is 6. The Morgan fingerprint density at radius 2 is 1.84 bits per heavy atom. The van der Waals surface area contributed by atoms with E-state index in [-0.39, 0.29) is 17.2 Å². The largest absolute Gasteiger partial charge is 0.478 e. The topological polar surface area (TPSA) is 88.8 Å². The fraction of sp³-hybridized carbons (Fsp3) is 0.538. The zero-order valence-electron chi connectivity index (χ0n) is 11.6. The highest BCUT2D eigenvalue weighted by Gasteiger charge is 2.29. The standard InChI is InChI=1S/C13H19NO5/c1-7(2)9-10(12(15)16)8(3)14(5-6-19-4)11(9)13(17)18/h7H,5-6H2,1-4H3,(H,15,16)(H,17,18). The Morgan fingerprint density at radius 3 is 2.21 bits per heavy atom. The third-order valence-corrected chi connectivity index (χ3v) is 3.07. The molecule has 0 aliphatic heterocycles. The summed E-state index contributed by atoms with van der Waals surface area (Å²) in [4.78, 5) is 22.8. The van der Waals surface area contributed by atoms with Gasteiger partial charge in [0.05, 0.1) is 12.2 Å². The number of aromatic nitrogens is 1. The molecule has 1 aromatic heterocycles. The van der Waals surface area contributed by atoms with Crippen molar-refractivity contribution in [2.45, 2.75) is 33.2 Å². The average molecular weight is 269 g/mol. The lowest BCUT2D eigenvalue weighted by molar-refractivity contribution is 0.0678. The first-order chi connectivity index (χ1) is 8.82. The van der Waals surface area contributed by atoms with E-state index >= 15 is 0 Å². The van der Waals surface area contributed by atoms with E-state index < -0.39 is 11.9 Å². The van der Waals surface area contributed by atoms with Crippen LogP contribution >= 0.6 is 0 Å². The van der Waals surface area contributed by atoms with E-state index in [9.17, 15) is 19.8 Å². The molecule has 0 amide bonds. The fourth-order valence-electron chi connectivity index (χ4n) is 2.29. The molecule has 0 fully saturated rings. The summed E-state index contributed by atoms with van der Waals surface area (Å²) in [6.45, 7) is 5.84. The molecule has 0 aliphatic rings. The maximum absolute atomic E-state index is 11.4. The minimum Gasteiger partial charge on any atom is -0.478 e. The van der Waals surface area contributed by atoms with Crippen LogP contribution in [0.5, 0.6) is 0 Å². The van der Waals surface area contributed by atoms with Crippen molar-refractivity contribution in [2.75, 3.05) is 13.7 Å². The summed E-state index contributed by atoms with van der Waals surface area (Å²) < 4.78 is 6.45. The predicted molar refractivity (Wildman–Crippen MR) is 69.1 cm³/mol. The highest BCUT2D eigenvalue weighted by atomic mass is 16.5. The van der Waals surface area contributed by atoms with E-state index in [1.54, 1.807) is 20.8 Å². The van der Waals surface area contributed by atoms with Crippen LogP contribution in [0.1, 0.15) is 51.9 Å². The number of ether oxygens (including phenoxy) is 1. The molecule has 2 N–H and O–H groups in total. The van der Waals surface area contributed by atoms with Gasteiger partial charge in [-0.1, -0.05) is 13.8 Å². The molecular weight excluding hydrogens is 250 g/mol. The first kappa shape index (κ1) is 15.2. The van der Waals surface area contributed by atoms with Crippen molar-refractivity contribution in [3.63, 3.8) is 0 Å². The van der Waals surface area contributed by atoms with E-state index in [2.05, 4.69) is 0 Å². The highest BCUT2D eigenvalue weighted by molar-refractivity contribution is 5.98. The third kappa shape index (κ3) is 2.78. The van der Waals surface area contributed by atoms with Crippen LogP contribution in [0, 0.1) is 6.92 Å².